The summed E-state index contributed by atoms with van der Waals surface area (Å²) in [5.41, 5.74) is 0.587. The Labute approximate surface area is 190 Å². The van der Waals surface area contributed by atoms with Crippen molar-refractivity contribution in [2.45, 2.75) is 18.6 Å². The molecule has 0 saturated heterocycles. The summed E-state index contributed by atoms with van der Waals surface area (Å²) in [6, 6.07) is 21.3. The van der Waals surface area contributed by atoms with Crippen LogP contribution >= 0.6 is 23.2 Å². The molecule has 0 saturated carbocycles. The number of carbonyl (C=O) groups excluding carboxylic acids is 2. The maximum absolute atomic E-state index is 13.3. The number of ketones is 1. The predicted octanol–water partition coefficient (Wildman–Crippen LogP) is 5.40. The third-order valence-corrected chi connectivity index (χ3v) is 5.73. The standard InChI is InChI=1S/C25H19Cl2NO3/c26-19-9-6-18(7-10-19)16-28-23-13-11-20(27)14-22(23)25(31,24(28)30)15-21(29)12-8-17-4-2-1-3-5-17/h1-14,31H,15-16H2. The molecule has 0 aromatic heterocycles. The average Bonchev–Trinajstić information content (AvgIpc) is 2.96. The Morgan fingerprint density at radius 2 is 1.65 bits per heavy atom. The minimum absolute atomic E-state index is 0.237. The second kappa shape index (κ2) is 8.67. The Hall–Kier alpha value is -2.92. The molecule has 1 atom stereocenters. The van der Waals surface area contributed by atoms with Crippen LogP contribution in [0.2, 0.25) is 10.0 Å². The number of hydrogen-bond donors (Lipinski definition) is 1. The molecule has 156 valence electrons. The summed E-state index contributed by atoms with van der Waals surface area (Å²) in [5.74, 6) is -0.917. The second-order valence-electron chi connectivity index (χ2n) is 7.43. The fourth-order valence-corrected chi connectivity index (χ4v) is 3.99. The second-order valence-corrected chi connectivity index (χ2v) is 8.30. The molecule has 0 aliphatic carbocycles. The summed E-state index contributed by atoms with van der Waals surface area (Å²) >= 11 is 12.1. The van der Waals surface area contributed by atoms with Crippen molar-refractivity contribution in [3.8, 4) is 0 Å². The first kappa shape index (κ1) is 21.3. The Bertz CT molecular complexity index is 1160. The van der Waals surface area contributed by atoms with Crippen molar-refractivity contribution < 1.29 is 14.7 Å². The summed E-state index contributed by atoms with van der Waals surface area (Å²) in [4.78, 5) is 27.4. The molecule has 6 heteroatoms. The number of amides is 1. The van der Waals surface area contributed by atoms with Crippen LogP contribution in [0.3, 0.4) is 0 Å². The molecule has 1 amide bonds. The van der Waals surface area contributed by atoms with Crippen molar-refractivity contribution in [2.24, 2.45) is 0 Å². The van der Waals surface area contributed by atoms with Crippen LogP contribution in [-0.2, 0) is 21.7 Å². The van der Waals surface area contributed by atoms with Gasteiger partial charge in [0, 0.05) is 15.6 Å². The molecule has 1 aliphatic rings. The quantitative estimate of drug-likeness (QED) is 0.510. The van der Waals surface area contributed by atoms with Crippen LogP contribution in [-0.4, -0.2) is 16.8 Å². The molecule has 0 spiro atoms. The normalized spacial score (nSPS) is 17.9. The Morgan fingerprint density at radius 1 is 0.968 bits per heavy atom. The zero-order valence-electron chi connectivity index (χ0n) is 16.5. The molecule has 1 unspecified atom stereocenters. The summed E-state index contributed by atoms with van der Waals surface area (Å²) in [6.45, 7) is 0.237. The van der Waals surface area contributed by atoms with E-state index in [9.17, 15) is 14.7 Å². The molecule has 3 aromatic carbocycles. The summed E-state index contributed by atoms with van der Waals surface area (Å²) in [7, 11) is 0. The third-order valence-electron chi connectivity index (χ3n) is 5.24. The molecule has 0 fully saturated rings. The first-order chi connectivity index (χ1) is 14.9. The third kappa shape index (κ3) is 4.42. The number of benzene rings is 3. The van der Waals surface area contributed by atoms with E-state index in [1.165, 1.54) is 11.0 Å². The van der Waals surface area contributed by atoms with Gasteiger partial charge in [0.25, 0.3) is 5.91 Å². The molecule has 0 bridgehead atoms. The molecule has 1 N–H and O–H groups in total. The fraction of sp³-hybridized carbons (Fsp3) is 0.120. The molecule has 1 heterocycles. The van der Waals surface area contributed by atoms with Crippen LogP contribution < -0.4 is 4.90 Å². The van der Waals surface area contributed by atoms with Crippen LogP contribution in [0.5, 0.6) is 0 Å². The maximum atomic E-state index is 13.3. The number of allylic oxidation sites excluding steroid dienone is 1. The summed E-state index contributed by atoms with van der Waals surface area (Å²) in [6.07, 6.45) is 2.67. The van der Waals surface area contributed by atoms with E-state index in [1.807, 2.05) is 42.5 Å². The summed E-state index contributed by atoms with van der Waals surface area (Å²) in [5, 5.41) is 12.3. The molecule has 0 radical (unpaired) electrons. The Morgan fingerprint density at radius 3 is 2.35 bits per heavy atom. The van der Waals surface area contributed by atoms with E-state index in [-0.39, 0.29) is 18.7 Å². The van der Waals surface area contributed by atoms with Crippen molar-refractivity contribution in [3.05, 3.63) is 106 Å². The molecular formula is C25H19Cl2NO3. The highest BCUT2D eigenvalue weighted by atomic mass is 35.5. The van der Waals surface area contributed by atoms with Gasteiger partial charge in [0.05, 0.1) is 18.7 Å². The zero-order valence-corrected chi connectivity index (χ0v) is 18.0. The molecule has 31 heavy (non-hydrogen) atoms. The maximum Gasteiger partial charge on any atom is 0.264 e. The van der Waals surface area contributed by atoms with E-state index < -0.39 is 11.5 Å². The zero-order chi connectivity index (χ0) is 22.0. The van der Waals surface area contributed by atoms with Gasteiger partial charge in [0.15, 0.2) is 11.4 Å². The molecule has 1 aliphatic heterocycles. The monoisotopic (exact) mass is 451 g/mol. The number of halogens is 2. The van der Waals surface area contributed by atoms with Gasteiger partial charge in [-0.05, 0) is 47.5 Å². The number of nitrogens with zero attached hydrogens (tertiary/aromatic N) is 1. The predicted molar refractivity (Wildman–Crippen MR) is 123 cm³/mol. The lowest BCUT2D eigenvalue weighted by Crippen LogP contribution is -2.41. The van der Waals surface area contributed by atoms with E-state index >= 15 is 0 Å². The number of carbonyl (C=O) groups is 2. The number of hydrogen-bond acceptors (Lipinski definition) is 3. The van der Waals surface area contributed by atoms with Crippen LogP contribution in [0.15, 0.2) is 78.9 Å². The lowest BCUT2D eigenvalue weighted by Gasteiger charge is -2.22. The number of aliphatic hydroxyl groups is 1. The average molecular weight is 452 g/mol. The number of rotatable bonds is 6. The first-order valence-electron chi connectivity index (χ1n) is 9.71. The van der Waals surface area contributed by atoms with Crippen molar-refractivity contribution in [3.63, 3.8) is 0 Å². The van der Waals surface area contributed by atoms with E-state index in [4.69, 9.17) is 23.2 Å². The van der Waals surface area contributed by atoms with Gasteiger partial charge in [-0.3, -0.25) is 9.59 Å². The molecule has 3 aromatic rings. The minimum atomic E-state index is -1.98. The van der Waals surface area contributed by atoms with Gasteiger partial charge in [-0.2, -0.15) is 0 Å². The molecular weight excluding hydrogens is 433 g/mol. The minimum Gasteiger partial charge on any atom is -0.375 e. The number of fused-ring (bicyclic) bond motifs is 1. The van der Waals surface area contributed by atoms with Gasteiger partial charge in [-0.15, -0.1) is 0 Å². The Kier molecular flexibility index (Phi) is 5.96. The van der Waals surface area contributed by atoms with E-state index in [2.05, 4.69) is 0 Å². The largest absolute Gasteiger partial charge is 0.375 e. The fourth-order valence-electron chi connectivity index (χ4n) is 3.69. The smallest absolute Gasteiger partial charge is 0.264 e. The van der Waals surface area contributed by atoms with Crippen molar-refractivity contribution in [2.75, 3.05) is 4.90 Å². The SMILES string of the molecule is O=C(C=Cc1ccccc1)CC1(O)C(=O)N(Cc2ccc(Cl)cc2)c2ccc(Cl)cc21. The lowest BCUT2D eigenvalue weighted by atomic mass is 9.89. The van der Waals surface area contributed by atoms with Gasteiger partial charge < -0.3 is 10.0 Å². The Balaban J connectivity index is 1.63. The van der Waals surface area contributed by atoms with Crippen molar-refractivity contribution >= 4 is 46.7 Å². The molecule has 4 nitrogen and oxygen atoms in total. The highest BCUT2D eigenvalue weighted by molar-refractivity contribution is 6.31. The van der Waals surface area contributed by atoms with Gasteiger partial charge >= 0.3 is 0 Å². The van der Waals surface area contributed by atoms with E-state index in [0.717, 1.165) is 11.1 Å². The summed E-state index contributed by atoms with van der Waals surface area (Å²) < 4.78 is 0. The van der Waals surface area contributed by atoms with Gasteiger partial charge in [-0.25, -0.2) is 0 Å². The van der Waals surface area contributed by atoms with Crippen molar-refractivity contribution in [1.29, 1.82) is 0 Å². The van der Waals surface area contributed by atoms with Crippen LogP contribution in [0, 0.1) is 0 Å². The van der Waals surface area contributed by atoms with E-state index in [0.29, 0.717) is 21.3 Å². The molecule has 4 rings (SSSR count). The van der Waals surface area contributed by atoms with Crippen LogP contribution in [0.4, 0.5) is 5.69 Å². The number of anilines is 1. The highest BCUT2D eigenvalue weighted by Crippen LogP contribution is 2.44. The van der Waals surface area contributed by atoms with Gasteiger partial charge in [0.2, 0.25) is 0 Å². The van der Waals surface area contributed by atoms with Gasteiger partial charge in [-0.1, -0.05) is 71.7 Å². The first-order valence-corrected chi connectivity index (χ1v) is 10.5. The van der Waals surface area contributed by atoms with Gasteiger partial charge in [0.1, 0.15) is 0 Å². The lowest BCUT2D eigenvalue weighted by molar-refractivity contribution is -0.140. The van der Waals surface area contributed by atoms with Crippen LogP contribution in [0.25, 0.3) is 6.08 Å². The van der Waals surface area contributed by atoms with Crippen LogP contribution in [0.1, 0.15) is 23.1 Å². The topological polar surface area (TPSA) is 57.6 Å². The van der Waals surface area contributed by atoms with E-state index in [1.54, 1.807) is 36.4 Å². The highest BCUT2D eigenvalue weighted by Gasteiger charge is 2.50. The van der Waals surface area contributed by atoms with Crippen molar-refractivity contribution in [1.82, 2.24) is 0 Å².